The molecule has 3 N–H and O–H groups in total. The zero-order valence-electron chi connectivity index (χ0n) is 19.5. The average Bonchev–Trinajstić information content (AvgIpc) is 3.28. The molecule has 2 aromatic carbocycles. The summed E-state index contributed by atoms with van der Waals surface area (Å²) in [4.78, 5) is 31.2. The number of oxazole rings is 1. The van der Waals surface area contributed by atoms with E-state index in [1.54, 1.807) is 30.3 Å². The van der Waals surface area contributed by atoms with Gasteiger partial charge in [-0.05, 0) is 37.4 Å². The van der Waals surface area contributed by atoms with Crippen LogP contribution in [0.15, 0.2) is 59.2 Å². The number of rotatable bonds is 11. The Kier molecular flexibility index (Phi) is 8.87. The minimum Gasteiger partial charge on any atom is -0.496 e. The van der Waals surface area contributed by atoms with E-state index in [9.17, 15) is 9.59 Å². The Hall–Kier alpha value is -4.05. The molecule has 0 aliphatic carbocycles. The number of anilines is 2. The van der Waals surface area contributed by atoms with E-state index in [0.29, 0.717) is 29.3 Å². The van der Waals surface area contributed by atoms with Gasteiger partial charge in [-0.15, -0.1) is 0 Å². The molecule has 3 aromatic rings. The van der Waals surface area contributed by atoms with Crippen LogP contribution < -0.4 is 25.4 Å². The summed E-state index contributed by atoms with van der Waals surface area (Å²) >= 11 is 0. The molecule has 0 saturated heterocycles. The van der Waals surface area contributed by atoms with Gasteiger partial charge in [0, 0.05) is 24.8 Å². The largest absolute Gasteiger partial charge is 0.496 e. The first-order valence-electron chi connectivity index (χ1n) is 11.0. The van der Waals surface area contributed by atoms with E-state index in [2.05, 4.69) is 39.7 Å². The standard InChI is InChI=1S/C24H29N5O5/c1-4-29(5-2)14-13-25-22(30)19-12-11-17(15-20(19)32-3)26-23(31)28-24-27-21(16-33-24)34-18-9-7-6-8-10-18/h6-12,15-16H,4-5,13-14H2,1-3H3,(H,25,30)(H2,26,27,28,31). The topological polar surface area (TPSA) is 118 Å². The van der Waals surface area contributed by atoms with E-state index in [1.165, 1.54) is 13.4 Å². The molecule has 0 bridgehead atoms. The van der Waals surface area contributed by atoms with Crippen LogP contribution in [-0.4, -0.2) is 55.1 Å². The first-order valence-corrected chi connectivity index (χ1v) is 11.0. The van der Waals surface area contributed by atoms with E-state index >= 15 is 0 Å². The summed E-state index contributed by atoms with van der Waals surface area (Å²) in [6.07, 6.45) is 1.29. The van der Waals surface area contributed by atoms with E-state index in [1.807, 2.05) is 18.2 Å². The molecule has 0 unspecified atom stereocenters. The Balaban J connectivity index is 1.55. The van der Waals surface area contributed by atoms with E-state index in [0.717, 1.165) is 19.6 Å². The minimum absolute atomic E-state index is 0.0282. The van der Waals surface area contributed by atoms with Gasteiger partial charge in [-0.2, -0.15) is 4.98 Å². The van der Waals surface area contributed by atoms with Crippen LogP contribution in [0.1, 0.15) is 24.2 Å². The van der Waals surface area contributed by atoms with Crippen molar-refractivity contribution in [2.45, 2.75) is 13.8 Å². The van der Waals surface area contributed by atoms with Crippen molar-refractivity contribution in [3.8, 4) is 17.4 Å². The second kappa shape index (κ2) is 12.3. The molecule has 0 atom stereocenters. The third-order valence-electron chi connectivity index (χ3n) is 4.98. The summed E-state index contributed by atoms with van der Waals surface area (Å²) in [7, 11) is 1.47. The Morgan fingerprint density at radius 1 is 1.06 bits per heavy atom. The number of hydrogen-bond acceptors (Lipinski definition) is 7. The van der Waals surface area contributed by atoms with Crippen molar-refractivity contribution in [3.63, 3.8) is 0 Å². The second-order valence-corrected chi connectivity index (χ2v) is 7.18. The number of methoxy groups -OCH3 is 1. The number of carbonyl (C=O) groups excluding carboxylic acids is 2. The number of amides is 3. The summed E-state index contributed by atoms with van der Waals surface area (Å²) in [5.41, 5.74) is 0.810. The number of hydrogen-bond donors (Lipinski definition) is 3. The summed E-state index contributed by atoms with van der Waals surface area (Å²) < 4.78 is 16.1. The van der Waals surface area contributed by atoms with Crippen molar-refractivity contribution in [1.82, 2.24) is 15.2 Å². The lowest BCUT2D eigenvalue weighted by atomic mass is 10.1. The predicted molar refractivity (Wildman–Crippen MR) is 129 cm³/mol. The predicted octanol–water partition coefficient (Wildman–Crippen LogP) is 4.19. The van der Waals surface area contributed by atoms with Gasteiger partial charge in [0.1, 0.15) is 11.5 Å². The first kappa shape index (κ1) is 24.6. The molecular formula is C24H29N5O5. The van der Waals surface area contributed by atoms with Crippen LogP contribution in [-0.2, 0) is 0 Å². The Bertz CT molecular complexity index is 1080. The third kappa shape index (κ3) is 6.97. The lowest BCUT2D eigenvalue weighted by Gasteiger charge is -2.18. The molecule has 1 aromatic heterocycles. The summed E-state index contributed by atoms with van der Waals surface area (Å²) in [5, 5.41) is 8.04. The highest BCUT2D eigenvalue weighted by atomic mass is 16.5. The molecule has 0 spiro atoms. The van der Waals surface area contributed by atoms with Gasteiger partial charge < -0.3 is 29.4 Å². The molecule has 3 rings (SSSR count). The Morgan fingerprint density at radius 3 is 2.53 bits per heavy atom. The highest BCUT2D eigenvalue weighted by molar-refractivity contribution is 6.00. The Labute approximate surface area is 198 Å². The molecule has 10 heteroatoms. The molecule has 0 radical (unpaired) electrons. The molecular weight excluding hydrogens is 438 g/mol. The van der Waals surface area contributed by atoms with Crippen molar-refractivity contribution in [3.05, 3.63) is 60.4 Å². The highest BCUT2D eigenvalue weighted by Crippen LogP contribution is 2.24. The first-order chi connectivity index (χ1) is 16.5. The molecule has 34 heavy (non-hydrogen) atoms. The number of urea groups is 1. The monoisotopic (exact) mass is 467 g/mol. The molecule has 180 valence electrons. The van der Waals surface area contributed by atoms with Crippen molar-refractivity contribution < 1.29 is 23.5 Å². The molecule has 3 amide bonds. The summed E-state index contributed by atoms with van der Waals surface area (Å²) in [6, 6.07) is 13.3. The highest BCUT2D eigenvalue weighted by Gasteiger charge is 2.15. The van der Waals surface area contributed by atoms with Crippen molar-refractivity contribution >= 4 is 23.6 Å². The minimum atomic E-state index is -0.577. The number of benzene rings is 2. The van der Waals surface area contributed by atoms with Crippen LogP contribution in [0.4, 0.5) is 16.5 Å². The van der Waals surface area contributed by atoms with Crippen LogP contribution in [0.25, 0.3) is 0 Å². The molecule has 0 aliphatic rings. The smallest absolute Gasteiger partial charge is 0.327 e. The number of nitrogens with zero attached hydrogens (tertiary/aromatic N) is 2. The fraction of sp³-hybridized carbons (Fsp3) is 0.292. The Morgan fingerprint density at radius 2 is 1.82 bits per heavy atom. The number of ether oxygens (including phenoxy) is 2. The number of likely N-dealkylation sites (N-methyl/N-ethyl adjacent to an activating group) is 1. The molecule has 0 fully saturated rings. The van der Waals surface area contributed by atoms with E-state index in [4.69, 9.17) is 13.9 Å². The van der Waals surface area contributed by atoms with Crippen LogP contribution in [0.3, 0.4) is 0 Å². The molecule has 0 aliphatic heterocycles. The van der Waals surface area contributed by atoms with Gasteiger partial charge in [0.05, 0.1) is 12.7 Å². The molecule has 0 saturated carbocycles. The van der Waals surface area contributed by atoms with E-state index in [-0.39, 0.29) is 17.8 Å². The molecule has 1 heterocycles. The zero-order chi connectivity index (χ0) is 24.3. The van der Waals surface area contributed by atoms with Gasteiger partial charge >= 0.3 is 12.0 Å². The SMILES string of the molecule is CCN(CC)CCNC(=O)c1ccc(NC(=O)Nc2nc(Oc3ccccc3)co2)cc1OC. The number of carbonyl (C=O) groups is 2. The van der Waals surface area contributed by atoms with Crippen molar-refractivity contribution in [2.75, 3.05) is 43.9 Å². The number of para-hydroxylation sites is 1. The maximum absolute atomic E-state index is 12.5. The van der Waals surface area contributed by atoms with Gasteiger partial charge in [0.15, 0.2) is 6.26 Å². The fourth-order valence-electron chi connectivity index (χ4n) is 3.15. The van der Waals surface area contributed by atoms with Crippen LogP contribution in [0.5, 0.6) is 17.4 Å². The van der Waals surface area contributed by atoms with Gasteiger partial charge in [-0.3, -0.25) is 10.1 Å². The van der Waals surface area contributed by atoms with Crippen LogP contribution in [0, 0.1) is 0 Å². The fourth-order valence-corrected chi connectivity index (χ4v) is 3.15. The second-order valence-electron chi connectivity index (χ2n) is 7.18. The summed E-state index contributed by atoms with van der Waals surface area (Å²) in [6.45, 7) is 7.29. The van der Waals surface area contributed by atoms with Gasteiger partial charge in [0.2, 0.25) is 0 Å². The van der Waals surface area contributed by atoms with Gasteiger partial charge in [0.25, 0.3) is 11.8 Å². The van der Waals surface area contributed by atoms with Gasteiger partial charge in [-0.25, -0.2) is 4.79 Å². The van der Waals surface area contributed by atoms with E-state index < -0.39 is 6.03 Å². The third-order valence-corrected chi connectivity index (χ3v) is 4.98. The van der Waals surface area contributed by atoms with Crippen LogP contribution in [0.2, 0.25) is 0 Å². The molecule has 10 nitrogen and oxygen atoms in total. The number of nitrogens with one attached hydrogen (secondary N) is 3. The maximum atomic E-state index is 12.5. The van der Waals surface area contributed by atoms with Gasteiger partial charge in [-0.1, -0.05) is 32.0 Å². The average molecular weight is 468 g/mol. The summed E-state index contributed by atoms with van der Waals surface area (Å²) in [5.74, 6) is 0.897. The normalized spacial score (nSPS) is 10.6. The maximum Gasteiger partial charge on any atom is 0.327 e. The van der Waals surface area contributed by atoms with Crippen molar-refractivity contribution in [2.24, 2.45) is 0 Å². The van der Waals surface area contributed by atoms with Crippen molar-refractivity contribution in [1.29, 1.82) is 0 Å². The van der Waals surface area contributed by atoms with Crippen LogP contribution >= 0.6 is 0 Å². The quantitative estimate of drug-likeness (QED) is 0.387. The zero-order valence-corrected chi connectivity index (χ0v) is 19.5. The number of aromatic nitrogens is 1. The lowest BCUT2D eigenvalue weighted by molar-refractivity contribution is 0.0946. The lowest BCUT2D eigenvalue weighted by Crippen LogP contribution is -2.34.